The first-order valence-corrected chi connectivity index (χ1v) is 11.5. The highest BCUT2D eigenvalue weighted by Gasteiger charge is 2.27. The molecule has 2 heterocycles. The normalized spacial score (nSPS) is 16.3. The first-order chi connectivity index (χ1) is 10.1. The lowest BCUT2D eigenvalue weighted by molar-refractivity contribution is 0.726. The molecule has 1 aliphatic rings. The van der Waals surface area contributed by atoms with Crippen LogP contribution in [0, 0.1) is 0 Å². The molecule has 0 radical (unpaired) electrons. The fourth-order valence-electron chi connectivity index (χ4n) is 3.35. The molecule has 0 spiro atoms. The zero-order chi connectivity index (χ0) is 14.9. The molecule has 21 heavy (non-hydrogen) atoms. The van der Waals surface area contributed by atoms with Crippen LogP contribution in [0.1, 0.15) is 37.2 Å². The fourth-order valence-corrected chi connectivity index (χ4v) is 4.95. The van der Waals surface area contributed by atoms with Crippen LogP contribution in [0.3, 0.4) is 0 Å². The van der Waals surface area contributed by atoms with Gasteiger partial charge in [0.15, 0.2) is 0 Å². The Hall–Kier alpha value is -1.48. The summed E-state index contributed by atoms with van der Waals surface area (Å²) in [7, 11) is -1.34. The van der Waals surface area contributed by atoms with Crippen molar-refractivity contribution in [3.63, 3.8) is 0 Å². The Balaban J connectivity index is 2.08. The second-order valence-corrected chi connectivity index (χ2v) is 12.2. The third-order valence-corrected chi connectivity index (χ3v) is 6.55. The van der Waals surface area contributed by atoms with E-state index in [1.165, 1.54) is 31.2 Å². The Morgan fingerprint density at radius 3 is 2.33 bits per heavy atom. The van der Waals surface area contributed by atoms with E-state index in [1.54, 1.807) is 10.8 Å². The molecule has 1 saturated carbocycles. The molecule has 3 heteroatoms. The van der Waals surface area contributed by atoms with Crippen LogP contribution in [-0.2, 0) is 0 Å². The Morgan fingerprint density at radius 2 is 1.71 bits per heavy atom. The third kappa shape index (κ3) is 3.08. The highest BCUT2D eigenvalue weighted by atomic mass is 28.3. The monoisotopic (exact) mass is 296 g/mol. The minimum atomic E-state index is -1.34. The van der Waals surface area contributed by atoms with E-state index in [9.17, 15) is 0 Å². The SMILES string of the molecule is C[Si](C)(C)c1cnc(-c2ccncc2)cc1C1CCCC1. The lowest BCUT2D eigenvalue weighted by atomic mass is 9.97. The summed E-state index contributed by atoms with van der Waals surface area (Å²) >= 11 is 0. The Bertz CT molecular complexity index is 611. The van der Waals surface area contributed by atoms with E-state index in [4.69, 9.17) is 4.98 Å². The van der Waals surface area contributed by atoms with E-state index >= 15 is 0 Å². The summed E-state index contributed by atoms with van der Waals surface area (Å²) in [6, 6.07) is 6.46. The lowest BCUT2D eigenvalue weighted by Gasteiger charge is -2.24. The molecular weight excluding hydrogens is 272 g/mol. The molecule has 2 nitrogen and oxygen atoms in total. The number of pyridine rings is 2. The van der Waals surface area contributed by atoms with Crippen LogP contribution in [0.2, 0.25) is 19.6 Å². The molecule has 0 atom stereocenters. The lowest BCUT2D eigenvalue weighted by Crippen LogP contribution is -2.41. The number of hydrogen-bond acceptors (Lipinski definition) is 2. The van der Waals surface area contributed by atoms with E-state index in [-0.39, 0.29) is 0 Å². The van der Waals surface area contributed by atoms with Gasteiger partial charge in [0.25, 0.3) is 0 Å². The summed E-state index contributed by atoms with van der Waals surface area (Å²) in [5, 5.41) is 1.55. The number of rotatable bonds is 3. The van der Waals surface area contributed by atoms with Crippen molar-refractivity contribution in [3.8, 4) is 11.3 Å². The van der Waals surface area contributed by atoms with Gasteiger partial charge in [0.1, 0.15) is 0 Å². The second kappa shape index (κ2) is 5.72. The van der Waals surface area contributed by atoms with Gasteiger partial charge in [-0.25, -0.2) is 0 Å². The highest BCUT2D eigenvalue weighted by Crippen LogP contribution is 2.35. The minimum Gasteiger partial charge on any atom is -0.265 e. The Kier molecular flexibility index (Phi) is 3.94. The summed E-state index contributed by atoms with van der Waals surface area (Å²) in [6.45, 7) is 7.28. The van der Waals surface area contributed by atoms with Crippen LogP contribution in [0.25, 0.3) is 11.3 Å². The van der Waals surface area contributed by atoms with Gasteiger partial charge in [0.05, 0.1) is 13.8 Å². The van der Waals surface area contributed by atoms with Crippen molar-refractivity contribution < 1.29 is 0 Å². The largest absolute Gasteiger partial charge is 0.265 e. The van der Waals surface area contributed by atoms with Crippen LogP contribution < -0.4 is 5.19 Å². The summed E-state index contributed by atoms with van der Waals surface area (Å²) in [5.41, 5.74) is 3.85. The van der Waals surface area contributed by atoms with Crippen molar-refractivity contribution in [1.82, 2.24) is 9.97 Å². The van der Waals surface area contributed by atoms with E-state index < -0.39 is 8.07 Å². The molecule has 0 unspecified atom stereocenters. The quantitative estimate of drug-likeness (QED) is 0.787. The Labute approximate surface area is 128 Å². The number of aromatic nitrogens is 2. The molecule has 0 N–H and O–H groups in total. The van der Waals surface area contributed by atoms with E-state index in [1.807, 2.05) is 12.4 Å². The first kappa shape index (κ1) is 14.5. The molecule has 3 rings (SSSR count). The average molecular weight is 296 g/mol. The van der Waals surface area contributed by atoms with Crippen molar-refractivity contribution in [1.29, 1.82) is 0 Å². The summed E-state index contributed by atoms with van der Waals surface area (Å²) in [5.74, 6) is 0.746. The van der Waals surface area contributed by atoms with Crippen LogP contribution >= 0.6 is 0 Å². The van der Waals surface area contributed by atoms with Crippen molar-refractivity contribution in [2.24, 2.45) is 0 Å². The average Bonchev–Trinajstić information content (AvgIpc) is 3.01. The van der Waals surface area contributed by atoms with Crippen LogP contribution in [-0.4, -0.2) is 18.0 Å². The van der Waals surface area contributed by atoms with Gasteiger partial charge >= 0.3 is 0 Å². The molecule has 0 bridgehead atoms. The Morgan fingerprint density at radius 1 is 1.05 bits per heavy atom. The minimum absolute atomic E-state index is 0.746. The molecule has 1 fully saturated rings. The van der Waals surface area contributed by atoms with Crippen LogP contribution in [0.15, 0.2) is 36.8 Å². The predicted molar refractivity (Wildman–Crippen MR) is 91.7 cm³/mol. The fraction of sp³-hybridized carbons (Fsp3) is 0.444. The molecule has 0 saturated heterocycles. The van der Waals surface area contributed by atoms with Crippen molar-refractivity contribution in [2.45, 2.75) is 51.2 Å². The van der Waals surface area contributed by atoms with E-state index in [0.717, 1.165) is 11.6 Å². The number of hydrogen-bond donors (Lipinski definition) is 0. The maximum atomic E-state index is 4.75. The molecule has 2 aromatic heterocycles. The number of nitrogens with zero attached hydrogens (tertiary/aromatic N) is 2. The second-order valence-electron chi connectivity index (χ2n) is 7.12. The van der Waals surface area contributed by atoms with Gasteiger partial charge in [-0.1, -0.05) is 32.5 Å². The van der Waals surface area contributed by atoms with Gasteiger partial charge in [0.2, 0.25) is 0 Å². The molecule has 110 valence electrons. The summed E-state index contributed by atoms with van der Waals surface area (Å²) in [4.78, 5) is 8.86. The topological polar surface area (TPSA) is 25.8 Å². The smallest absolute Gasteiger partial charge is 0.0799 e. The molecule has 0 aromatic carbocycles. The van der Waals surface area contributed by atoms with Crippen LogP contribution in [0.4, 0.5) is 0 Å². The van der Waals surface area contributed by atoms with E-state index in [0.29, 0.717) is 0 Å². The highest BCUT2D eigenvalue weighted by molar-refractivity contribution is 6.89. The zero-order valence-corrected chi connectivity index (χ0v) is 14.3. The molecule has 0 aliphatic heterocycles. The zero-order valence-electron chi connectivity index (χ0n) is 13.3. The van der Waals surface area contributed by atoms with E-state index in [2.05, 4.69) is 49.0 Å². The maximum absolute atomic E-state index is 4.75. The van der Waals surface area contributed by atoms with Crippen LogP contribution in [0.5, 0.6) is 0 Å². The third-order valence-electron chi connectivity index (χ3n) is 4.52. The predicted octanol–water partition coefficient (Wildman–Crippen LogP) is 4.35. The summed E-state index contributed by atoms with van der Waals surface area (Å²) in [6.07, 6.45) is 11.3. The van der Waals surface area contributed by atoms with Gasteiger partial charge in [-0.3, -0.25) is 9.97 Å². The van der Waals surface area contributed by atoms with Gasteiger partial charge in [-0.05, 0) is 47.7 Å². The van der Waals surface area contributed by atoms with Gasteiger partial charge in [-0.15, -0.1) is 0 Å². The van der Waals surface area contributed by atoms with Gasteiger partial charge in [-0.2, -0.15) is 0 Å². The van der Waals surface area contributed by atoms with Gasteiger partial charge in [0, 0.05) is 24.2 Å². The van der Waals surface area contributed by atoms with Crippen molar-refractivity contribution in [3.05, 3.63) is 42.4 Å². The molecule has 2 aromatic rings. The van der Waals surface area contributed by atoms with Crippen molar-refractivity contribution in [2.75, 3.05) is 0 Å². The molecule has 1 aliphatic carbocycles. The summed E-state index contributed by atoms with van der Waals surface area (Å²) < 4.78 is 0. The first-order valence-electron chi connectivity index (χ1n) is 7.96. The molecule has 0 amide bonds. The molecular formula is C18H24N2Si. The van der Waals surface area contributed by atoms with Gasteiger partial charge < -0.3 is 0 Å². The standard InChI is InChI=1S/C18H24N2Si/c1-21(2,3)18-13-20-17(15-8-10-19-11-9-15)12-16(18)14-6-4-5-7-14/h8-14H,4-7H2,1-3H3. The van der Waals surface area contributed by atoms with Crippen molar-refractivity contribution >= 4 is 13.3 Å². The maximum Gasteiger partial charge on any atom is 0.0799 e.